The molecule has 2 heterocycles. The zero-order valence-corrected chi connectivity index (χ0v) is 22.1. The van der Waals surface area contributed by atoms with Crippen molar-refractivity contribution in [2.45, 2.75) is 23.5 Å². The Bertz CT molecular complexity index is 1240. The van der Waals surface area contributed by atoms with Crippen LogP contribution < -0.4 is 14.8 Å². The fraction of sp³-hybridized carbons (Fsp3) is 0.357. The molecule has 1 saturated carbocycles. The van der Waals surface area contributed by atoms with Gasteiger partial charge < -0.3 is 24.3 Å². The number of ether oxygens (including phenoxy) is 4. The maximum atomic E-state index is 13.8. The third-order valence-electron chi connectivity index (χ3n) is 7.44. The molecule has 5 rings (SSSR count). The van der Waals surface area contributed by atoms with Gasteiger partial charge in [-0.05, 0) is 29.7 Å². The summed E-state index contributed by atoms with van der Waals surface area (Å²) >= 11 is 3.56. The topological polar surface area (TPSA) is 78.9 Å². The Morgan fingerprint density at radius 3 is 2.53 bits per heavy atom. The van der Waals surface area contributed by atoms with Gasteiger partial charge in [-0.25, -0.2) is 0 Å². The summed E-state index contributed by atoms with van der Waals surface area (Å²) in [6, 6.07) is 18.1. The lowest BCUT2D eigenvalue weighted by atomic mass is 9.70. The molecule has 0 saturated heterocycles. The van der Waals surface area contributed by atoms with Crippen LogP contribution in [0.15, 0.2) is 71.5 Å². The molecule has 0 spiro atoms. The van der Waals surface area contributed by atoms with E-state index in [2.05, 4.69) is 26.2 Å². The van der Waals surface area contributed by atoms with Crippen LogP contribution in [0.3, 0.4) is 0 Å². The van der Waals surface area contributed by atoms with Gasteiger partial charge in [0.25, 0.3) is 0 Å². The van der Waals surface area contributed by atoms with Crippen LogP contribution in [0.4, 0.5) is 0 Å². The molecule has 8 heteroatoms. The first-order valence-corrected chi connectivity index (χ1v) is 12.7. The second kappa shape index (κ2) is 9.84. The first-order chi connectivity index (χ1) is 17.5. The van der Waals surface area contributed by atoms with Crippen molar-refractivity contribution >= 4 is 21.8 Å². The van der Waals surface area contributed by atoms with Crippen LogP contribution in [-0.2, 0) is 25.5 Å². The fourth-order valence-electron chi connectivity index (χ4n) is 6.06. The molecular weight excluding hydrogens is 524 g/mol. The quantitative estimate of drug-likeness (QED) is 0.413. The Hall–Kier alpha value is -2.94. The number of hydrogen-bond acceptors (Lipinski definition) is 6. The molecule has 188 valence electrons. The number of aromatic nitrogens is 1. The molecule has 2 aromatic carbocycles. The van der Waals surface area contributed by atoms with Gasteiger partial charge in [0.15, 0.2) is 5.60 Å². The number of nitrogens with one attached hydrogen (secondary N) is 1. The smallest absolute Gasteiger partial charge is 0.224 e. The van der Waals surface area contributed by atoms with E-state index in [4.69, 9.17) is 18.9 Å². The van der Waals surface area contributed by atoms with E-state index >= 15 is 0 Å². The highest BCUT2D eigenvalue weighted by Crippen LogP contribution is 2.71. The lowest BCUT2D eigenvalue weighted by molar-refractivity contribution is -0.130. The molecule has 3 aromatic rings. The van der Waals surface area contributed by atoms with Crippen molar-refractivity contribution in [2.75, 3.05) is 34.5 Å². The second-order valence-electron chi connectivity index (χ2n) is 9.07. The monoisotopic (exact) mass is 552 g/mol. The number of pyridine rings is 1. The van der Waals surface area contributed by atoms with Gasteiger partial charge in [-0.1, -0.05) is 58.4 Å². The minimum absolute atomic E-state index is 0.0682. The number of nitrogens with zero attached hydrogens (tertiary/aromatic N) is 1. The van der Waals surface area contributed by atoms with Crippen LogP contribution in [0, 0.1) is 5.92 Å². The van der Waals surface area contributed by atoms with Crippen molar-refractivity contribution in [3.05, 3.63) is 88.2 Å². The summed E-state index contributed by atoms with van der Waals surface area (Å²) in [6.45, 7) is 0.851. The van der Waals surface area contributed by atoms with Crippen LogP contribution in [0.5, 0.6) is 11.5 Å². The summed E-state index contributed by atoms with van der Waals surface area (Å²) in [5, 5.41) is 3.06. The Labute approximate surface area is 219 Å². The van der Waals surface area contributed by atoms with E-state index in [1.54, 1.807) is 33.7 Å². The molecule has 0 radical (unpaired) electrons. The van der Waals surface area contributed by atoms with Crippen molar-refractivity contribution in [1.82, 2.24) is 10.3 Å². The van der Waals surface area contributed by atoms with Crippen LogP contribution in [0.25, 0.3) is 0 Å². The lowest BCUT2D eigenvalue weighted by Gasteiger charge is -2.42. The molecule has 1 aromatic heterocycles. The molecule has 36 heavy (non-hydrogen) atoms. The summed E-state index contributed by atoms with van der Waals surface area (Å²) < 4.78 is 25.3. The largest absolute Gasteiger partial charge is 0.495 e. The van der Waals surface area contributed by atoms with E-state index < -0.39 is 17.1 Å². The van der Waals surface area contributed by atoms with Crippen molar-refractivity contribution in [1.29, 1.82) is 0 Å². The van der Waals surface area contributed by atoms with E-state index in [9.17, 15) is 4.79 Å². The molecule has 1 aliphatic carbocycles. The highest BCUT2D eigenvalue weighted by molar-refractivity contribution is 9.10. The second-order valence-corrected chi connectivity index (χ2v) is 9.99. The van der Waals surface area contributed by atoms with Gasteiger partial charge in [0, 0.05) is 31.2 Å². The summed E-state index contributed by atoms with van der Waals surface area (Å²) in [5.74, 6) is 0.290. The molecule has 2 aliphatic rings. The average Bonchev–Trinajstić information content (AvgIpc) is 3.36. The van der Waals surface area contributed by atoms with E-state index in [1.165, 1.54) is 0 Å². The highest BCUT2D eigenvalue weighted by Gasteiger charge is 2.74. The van der Waals surface area contributed by atoms with Gasteiger partial charge in [-0.3, -0.25) is 9.78 Å². The average molecular weight is 553 g/mol. The molecule has 7 nitrogen and oxygen atoms in total. The molecule has 0 bridgehead atoms. The van der Waals surface area contributed by atoms with Crippen LogP contribution in [-0.4, -0.2) is 45.4 Å². The standard InChI is InChI=1S/C28H29BrN2O5/c1-33-14-13-31-26(32)21-15-27(35-3)25-22(34-2)16-30-17-23(25)36-28(27,19-9-11-20(29)12-10-19)24(21)18-7-5-4-6-8-18/h4-12,16-17,21,24H,13-15H2,1-3H3,(H,31,32)/t21-,24+,27+,28-/m0/s1. The van der Waals surface area contributed by atoms with Crippen molar-refractivity contribution in [2.24, 2.45) is 5.92 Å². The fourth-order valence-corrected chi connectivity index (χ4v) is 6.32. The maximum Gasteiger partial charge on any atom is 0.224 e. The summed E-state index contributed by atoms with van der Waals surface area (Å²) in [7, 11) is 4.91. The van der Waals surface area contributed by atoms with Gasteiger partial charge >= 0.3 is 0 Å². The Morgan fingerprint density at radius 2 is 1.86 bits per heavy atom. The number of methoxy groups -OCH3 is 3. The molecule has 1 amide bonds. The first kappa shape index (κ1) is 24.7. The first-order valence-electron chi connectivity index (χ1n) is 11.9. The summed E-state index contributed by atoms with van der Waals surface area (Å²) in [5.41, 5.74) is 0.622. The number of hydrogen-bond donors (Lipinski definition) is 1. The minimum atomic E-state index is -1.05. The predicted octanol–water partition coefficient (Wildman–Crippen LogP) is 4.55. The maximum absolute atomic E-state index is 13.8. The SMILES string of the molecule is COCCNC(=O)[C@H]1C[C@@]2(OC)c3c(OC)cncc3O[C@@]2(c2ccc(Br)cc2)[C@@H]1c1ccccc1. The third-order valence-corrected chi connectivity index (χ3v) is 7.97. The van der Waals surface area contributed by atoms with Gasteiger partial charge in [0.1, 0.15) is 17.1 Å². The van der Waals surface area contributed by atoms with Gasteiger partial charge in [-0.2, -0.15) is 0 Å². The number of halogens is 1. The summed E-state index contributed by atoms with van der Waals surface area (Å²) in [4.78, 5) is 18.1. The molecule has 1 fully saturated rings. The van der Waals surface area contributed by atoms with Crippen LogP contribution in [0.1, 0.15) is 29.0 Å². The normalized spacial score (nSPS) is 26.1. The Morgan fingerprint density at radius 1 is 1.11 bits per heavy atom. The number of fused-ring (bicyclic) bond motifs is 3. The molecule has 1 N–H and O–H groups in total. The lowest BCUT2D eigenvalue weighted by Crippen LogP contribution is -2.49. The predicted molar refractivity (Wildman–Crippen MR) is 138 cm³/mol. The van der Waals surface area contributed by atoms with Crippen molar-refractivity contribution in [3.8, 4) is 11.5 Å². The van der Waals surface area contributed by atoms with E-state index in [0.29, 0.717) is 31.1 Å². The Balaban J connectivity index is 1.78. The third kappa shape index (κ3) is 3.62. The summed E-state index contributed by atoms with van der Waals surface area (Å²) in [6.07, 6.45) is 3.77. The van der Waals surface area contributed by atoms with E-state index in [-0.39, 0.29) is 11.8 Å². The van der Waals surface area contributed by atoms with Crippen molar-refractivity contribution < 1.29 is 23.7 Å². The van der Waals surface area contributed by atoms with Crippen LogP contribution >= 0.6 is 15.9 Å². The number of carbonyl (C=O) groups excluding carboxylic acids is 1. The van der Waals surface area contributed by atoms with Gasteiger partial charge in [0.2, 0.25) is 5.91 Å². The zero-order chi connectivity index (χ0) is 25.3. The number of carbonyl (C=O) groups is 1. The highest BCUT2D eigenvalue weighted by atomic mass is 79.9. The Kier molecular flexibility index (Phi) is 6.76. The van der Waals surface area contributed by atoms with Crippen molar-refractivity contribution in [3.63, 3.8) is 0 Å². The molecule has 4 atom stereocenters. The van der Waals surface area contributed by atoms with E-state index in [0.717, 1.165) is 21.2 Å². The molecular formula is C28H29BrN2O5. The number of benzene rings is 2. The van der Waals surface area contributed by atoms with E-state index in [1.807, 2.05) is 54.6 Å². The number of amides is 1. The van der Waals surface area contributed by atoms with Gasteiger partial charge in [-0.15, -0.1) is 0 Å². The zero-order valence-electron chi connectivity index (χ0n) is 20.5. The number of rotatable bonds is 8. The molecule has 0 unspecified atom stereocenters. The molecule has 1 aliphatic heterocycles. The van der Waals surface area contributed by atoms with Gasteiger partial charge in [0.05, 0.1) is 37.6 Å². The minimum Gasteiger partial charge on any atom is -0.495 e. The van der Waals surface area contributed by atoms with Crippen LogP contribution in [0.2, 0.25) is 0 Å².